The van der Waals surface area contributed by atoms with Crippen LogP contribution in [0, 0.1) is 0 Å². The second-order valence-electron chi connectivity index (χ2n) is 11.3. The van der Waals surface area contributed by atoms with E-state index in [1.54, 1.807) is 19.1 Å². The van der Waals surface area contributed by atoms with E-state index in [1.165, 1.54) is 24.8 Å². The summed E-state index contributed by atoms with van der Waals surface area (Å²) in [6.07, 6.45) is 9.34. The van der Waals surface area contributed by atoms with E-state index in [0.717, 1.165) is 41.3 Å². The minimum Gasteiger partial charge on any atom is -0.493 e. The summed E-state index contributed by atoms with van der Waals surface area (Å²) >= 11 is 0. The summed E-state index contributed by atoms with van der Waals surface area (Å²) in [6, 6.07) is 21.8. The van der Waals surface area contributed by atoms with Crippen LogP contribution in [-0.2, 0) is 24.2 Å². The maximum absolute atomic E-state index is 14.0. The summed E-state index contributed by atoms with van der Waals surface area (Å²) in [5, 5.41) is 1.16. The normalized spacial score (nSPS) is 11.0. The molecule has 4 rings (SSSR count). The zero-order chi connectivity index (χ0) is 31.3. The Morgan fingerprint density at radius 2 is 1.50 bits per heavy atom. The third-order valence-corrected chi connectivity index (χ3v) is 8.13. The highest BCUT2D eigenvalue weighted by atomic mass is 16.5. The van der Waals surface area contributed by atoms with E-state index >= 15 is 0 Å². The molecule has 44 heavy (non-hydrogen) atoms. The van der Waals surface area contributed by atoms with E-state index in [9.17, 15) is 9.59 Å². The van der Waals surface area contributed by atoms with E-state index in [1.807, 2.05) is 60.5 Å². The van der Waals surface area contributed by atoms with Gasteiger partial charge in [-0.3, -0.25) is 9.59 Å². The molecule has 4 aromatic rings. The number of nitrogens with one attached hydrogen (secondary N) is 1. The molecule has 0 fully saturated rings. The Hall–Kier alpha value is -4.26. The molecule has 0 aliphatic heterocycles. The summed E-state index contributed by atoms with van der Waals surface area (Å²) in [7, 11) is 3.21. The number of fused-ring (bicyclic) bond motifs is 1. The van der Waals surface area contributed by atoms with Crippen molar-refractivity contribution in [2.75, 3.05) is 33.9 Å². The Morgan fingerprint density at radius 1 is 0.750 bits per heavy atom. The lowest BCUT2D eigenvalue weighted by molar-refractivity contribution is -0.132. The smallest absolute Gasteiger partial charge is 0.254 e. The van der Waals surface area contributed by atoms with Crippen LogP contribution in [0.4, 0.5) is 0 Å². The number of carbonyl (C=O) groups is 2. The molecule has 234 valence electrons. The predicted octanol–water partition coefficient (Wildman–Crippen LogP) is 7.43. The number of hydrogen-bond acceptors (Lipinski definition) is 4. The first-order valence-electron chi connectivity index (χ1n) is 15.9. The third-order valence-electron chi connectivity index (χ3n) is 8.13. The molecule has 7 nitrogen and oxygen atoms in total. The number of aromatic nitrogens is 1. The Bertz CT molecular complexity index is 1490. The predicted molar refractivity (Wildman–Crippen MR) is 177 cm³/mol. The molecular weight excluding hydrogens is 550 g/mol. The number of benzene rings is 3. The minimum absolute atomic E-state index is 0.0205. The lowest BCUT2D eigenvalue weighted by atomic mass is 10.0. The Kier molecular flexibility index (Phi) is 12.3. The number of methoxy groups -OCH3 is 2. The van der Waals surface area contributed by atoms with Gasteiger partial charge in [0.1, 0.15) is 6.54 Å². The Labute approximate surface area is 262 Å². The molecule has 0 unspecified atom stereocenters. The fourth-order valence-corrected chi connectivity index (χ4v) is 5.62. The van der Waals surface area contributed by atoms with Gasteiger partial charge in [-0.05, 0) is 72.7 Å². The van der Waals surface area contributed by atoms with Gasteiger partial charge in [0.05, 0.1) is 14.2 Å². The van der Waals surface area contributed by atoms with Crippen molar-refractivity contribution in [2.45, 2.75) is 65.3 Å². The van der Waals surface area contributed by atoms with Crippen LogP contribution in [0.1, 0.15) is 73.0 Å². The van der Waals surface area contributed by atoms with Crippen molar-refractivity contribution in [1.82, 2.24) is 14.8 Å². The number of rotatable bonds is 17. The standard InChI is InChI=1S/C37H47N3O4/c1-5-7-8-9-12-28-15-18-30(19-16-28)37(42)40(22-6-2)27-36(41)39(26-29-17-20-34(43-3)35(24-29)44-4)23-21-31-25-38-33-14-11-10-13-32(31)33/h10-11,13-20,24-25,38H,5-9,12,21-23,26-27H2,1-4H3. The van der Waals surface area contributed by atoms with Gasteiger partial charge in [-0.1, -0.05) is 69.5 Å². The average Bonchev–Trinajstić information content (AvgIpc) is 3.47. The molecule has 1 aromatic heterocycles. The van der Waals surface area contributed by atoms with E-state index in [-0.39, 0.29) is 18.4 Å². The second-order valence-corrected chi connectivity index (χ2v) is 11.3. The molecule has 2 amide bonds. The Morgan fingerprint density at radius 3 is 2.23 bits per heavy atom. The number of nitrogens with zero attached hydrogens (tertiary/aromatic N) is 2. The maximum atomic E-state index is 14.0. The fraction of sp³-hybridized carbons (Fsp3) is 0.405. The van der Waals surface area contributed by atoms with Crippen LogP contribution in [0.15, 0.2) is 72.9 Å². The van der Waals surface area contributed by atoms with Crippen LogP contribution in [-0.4, -0.2) is 60.5 Å². The zero-order valence-electron chi connectivity index (χ0n) is 26.7. The molecule has 0 aliphatic carbocycles. The van der Waals surface area contributed by atoms with Crippen molar-refractivity contribution in [2.24, 2.45) is 0 Å². The number of amides is 2. The number of hydrogen-bond donors (Lipinski definition) is 1. The number of para-hydroxylation sites is 1. The first-order valence-corrected chi connectivity index (χ1v) is 15.9. The van der Waals surface area contributed by atoms with Gasteiger partial charge < -0.3 is 24.3 Å². The second kappa shape index (κ2) is 16.6. The van der Waals surface area contributed by atoms with E-state index in [4.69, 9.17) is 9.47 Å². The molecular formula is C37H47N3O4. The number of H-pyrrole nitrogens is 1. The molecule has 0 spiro atoms. The summed E-state index contributed by atoms with van der Waals surface area (Å²) < 4.78 is 10.9. The molecule has 0 atom stereocenters. The zero-order valence-corrected chi connectivity index (χ0v) is 26.7. The highest BCUT2D eigenvalue weighted by molar-refractivity contribution is 5.96. The molecule has 7 heteroatoms. The minimum atomic E-state index is -0.111. The fourth-order valence-electron chi connectivity index (χ4n) is 5.62. The topological polar surface area (TPSA) is 74.9 Å². The molecule has 1 heterocycles. The largest absolute Gasteiger partial charge is 0.493 e. The van der Waals surface area contributed by atoms with Crippen molar-refractivity contribution in [3.8, 4) is 11.5 Å². The molecule has 1 N–H and O–H groups in total. The lowest BCUT2D eigenvalue weighted by Gasteiger charge is -2.28. The van der Waals surface area contributed by atoms with Crippen molar-refractivity contribution in [3.05, 3.63) is 95.2 Å². The van der Waals surface area contributed by atoms with Crippen molar-refractivity contribution >= 4 is 22.7 Å². The molecule has 3 aromatic carbocycles. The summed E-state index contributed by atoms with van der Waals surface area (Å²) in [4.78, 5) is 34.5. The van der Waals surface area contributed by atoms with Gasteiger partial charge in [0.15, 0.2) is 11.5 Å². The monoisotopic (exact) mass is 597 g/mol. The first-order chi connectivity index (χ1) is 21.5. The number of ether oxygens (including phenoxy) is 2. The number of aryl methyl sites for hydroxylation is 1. The Balaban J connectivity index is 1.51. The number of carbonyl (C=O) groups excluding carboxylic acids is 2. The molecule has 0 aliphatic rings. The van der Waals surface area contributed by atoms with Gasteiger partial charge in [-0.25, -0.2) is 0 Å². The summed E-state index contributed by atoms with van der Waals surface area (Å²) in [5.74, 6) is 1.06. The van der Waals surface area contributed by atoms with Crippen molar-refractivity contribution < 1.29 is 19.1 Å². The quantitative estimate of drug-likeness (QED) is 0.129. The van der Waals surface area contributed by atoms with Crippen LogP contribution in [0.5, 0.6) is 11.5 Å². The summed E-state index contributed by atoms with van der Waals surface area (Å²) in [5.41, 5.74) is 5.02. The highest BCUT2D eigenvalue weighted by Gasteiger charge is 2.23. The van der Waals surface area contributed by atoms with Gasteiger partial charge in [-0.15, -0.1) is 0 Å². The van der Waals surface area contributed by atoms with Crippen LogP contribution in [0.25, 0.3) is 10.9 Å². The first kappa shape index (κ1) is 32.6. The average molecular weight is 598 g/mol. The van der Waals surface area contributed by atoms with Gasteiger partial charge in [0.2, 0.25) is 5.91 Å². The van der Waals surface area contributed by atoms with Crippen molar-refractivity contribution in [3.63, 3.8) is 0 Å². The lowest BCUT2D eigenvalue weighted by Crippen LogP contribution is -2.43. The summed E-state index contributed by atoms with van der Waals surface area (Å²) in [6.45, 7) is 5.68. The van der Waals surface area contributed by atoms with Crippen LogP contribution in [0.2, 0.25) is 0 Å². The molecule has 0 saturated heterocycles. The van der Waals surface area contributed by atoms with Gasteiger partial charge in [0.25, 0.3) is 5.91 Å². The van der Waals surface area contributed by atoms with Crippen LogP contribution < -0.4 is 9.47 Å². The maximum Gasteiger partial charge on any atom is 0.254 e. The van der Waals surface area contributed by atoms with Crippen LogP contribution >= 0.6 is 0 Å². The van der Waals surface area contributed by atoms with Crippen molar-refractivity contribution in [1.29, 1.82) is 0 Å². The third kappa shape index (κ3) is 8.65. The van der Waals surface area contributed by atoms with E-state index < -0.39 is 0 Å². The number of aromatic amines is 1. The highest BCUT2D eigenvalue weighted by Crippen LogP contribution is 2.28. The van der Waals surface area contributed by atoms with Crippen LogP contribution in [0.3, 0.4) is 0 Å². The van der Waals surface area contributed by atoms with E-state index in [0.29, 0.717) is 43.1 Å². The SMILES string of the molecule is CCCCCCc1ccc(C(=O)N(CCC)CC(=O)N(CCc2c[nH]c3ccccc23)Cc2ccc(OC)c(OC)c2)cc1. The molecule has 0 saturated carbocycles. The van der Waals surface area contributed by atoms with Gasteiger partial charge in [-0.2, -0.15) is 0 Å². The molecule has 0 bridgehead atoms. The van der Waals surface area contributed by atoms with Gasteiger partial charge in [0, 0.05) is 42.3 Å². The molecule has 0 radical (unpaired) electrons. The number of unbranched alkanes of at least 4 members (excludes halogenated alkanes) is 3. The van der Waals surface area contributed by atoms with Gasteiger partial charge >= 0.3 is 0 Å². The van der Waals surface area contributed by atoms with E-state index in [2.05, 4.69) is 36.2 Å².